The third-order valence-corrected chi connectivity index (χ3v) is 10.9. The lowest BCUT2D eigenvalue weighted by Gasteiger charge is -2.25. The Morgan fingerprint density at radius 2 is 1.70 bits per heavy atom. The van der Waals surface area contributed by atoms with Crippen molar-refractivity contribution in [1.29, 1.82) is 0 Å². The molecule has 0 saturated carbocycles. The highest BCUT2D eigenvalue weighted by Crippen LogP contribution is 2.27. The molecule has 0 spiro atoms. The molecule has 0 radical (unpaired) electrons. The van der Waals surface area contributed by atoms with Crippen molar-refractivity contribution in [3.63, 3.8) is 0 Å². The number of carbonyl (C=O) groups excluding carboxylic acids is 2. The minimum Gasteiger partial charge on any atom is -0.348 e. The van der Waals surface area contributed by atoms with E-state index in [0.29, 0.717) is 23.8 Å². The summed E-state index contributed by atoms with van der Waals surface area (Å²) in [7, 11) is 2.05. The number of hydrogen-bond donors (Lipinski definition) is 4. The molecule has 0 atom stereocenters. The molecule has 0 unspecified atom stereocenters. The number of aromatic nitrogens is 3. The van der Waals surface area contributed by atoms with Crippen LogP contribution >= 0.6 is 23.3 Å². The van der Waals surface area contributed by atoms with E-state index in [0.717, 1.165) is 39.0 Å². The first kappa shape index (κ1) is 39.7. The van der Waals surface area contributed by atoms with Gasteiger partial charge in [0.1, 0.15) is 5.82 Å². The van der Waals surface area contributed by atoms with Gasteiger partial charge in [0.05, 0.1) is 9.58 Å². The Bertz CT molecular complexity index is 1850. The Morgan fingerprint density at radius 1 is 0.981 bits per heavy atom. The van der Waals surface area contributed by atoms with Crippen molar-refractivity contribution in [1.82, 2.24) is 34.9 Å². The maximum absolute atomic E-state index is 12.6. The number of nitrogens with zero attached hydrogens (tertiary/aromatic N) is 4. The van der Waals surface area contributed by atoms with Gasteiger partial charge >= 0.3 is 0 Å². The summed E-state index contributed by atoms with van der Waals surface area (Å²) in [5, 5.41) is 9.16. The van der Waals surface area contributed by atoms with E-state index in [9.17, 15) is 9.59 Å². The summed E-state index contributed by atoms with van der Waals surface area (Å²) in [6.07, 6.45) is 15.1. The highest BCUT2D eigenvalue weighted by atomic mass is 32.2. The maximum Gasteiger partial charge on any atom is 0.261 e. The number of fused-ring (bicyclic) bond motifs is 1. The van der Waals surface area contributed by atoms with E-state index in [1.54, 1.807) is 24.8 Å². The van der Waals surface area contributed by atoms with Crippen LogP contribution < -0.4 is 16.1 Å². The van der Waals surface area contributed by atoms with E-state index in [2.05, 4.69) is 71.5 Å². The highest BCUT2D eigenvalue weighted by Gasteiger charge is 2.15. The number of amides is 2. The molecule has 4 heterocycles. The van der Waals surface area contributed by atoms with Gasteiger partial charge in [0.2, 0.25) is 5.91 Å². The van der Waals surface area contributed by atoms with Crippen molar-refractivity contribution in [2.45, 2.75) is 70.9 Å². The standard InChI is InChI=1S/C21H28N4OS.C20H24N4OS/c1-16(2)19(14-20-22-10-11-23-20)21(26)24-15-17-6-8-18(9-7-17)27-25-12-4-3-5-13-25;1-3-4-11-24(2)23-17-7-5-15(6-8-17)13-22-20(25)18-12-16-9-10-21-14-19(16)26-18/h6-11,14,16H,3-5,12-13,15H2,1-2H3,(H,22,23)(H,24,26);5-10,12,14,23H,3-4,11,13H2,1-2H3,(H,22,25)/b19-14+;. The average molecular weight is 753 g/mol. The molecule has 2 aromatic carbocycles. The second-order valence-electron chi connectivity index (χ2n) is 13.4. The van der Waals surface area contributed by atoms with Gasteiger partial charge in [0.15, 0.2) is 0 Å². The number of imidazole rings is 1. The molecule has 1 aliphatic heterocycles. The van der Waals surface area contributed by atoms with Crippen molar-refractivity contribution in [3.05, 3.63) is 113 Å². The fourth-order valence-electron chi connectivity index (χ4n) is 5.69. The molecule has 5 aromatic rings. The Morgan fingerprint density at radius 3 is 2.36 bits per heavy atom. The van der Waals surface area contributed by atoms with E-state index in [4.69, 9.17) is 0 Å². The summed E-state index contributed by atoms with van der Waals surface area (Å²) < 4.78 is 3.47. The first-order chi connectivity index (χ1) is 25.8. The van der Waals surface area contributed by atoms with E-state index < -0.39 is 0 Å². The van der Waals surface area contributed by atoms with Crippen LogP contribution in [0.3, 0.4) is 0 Å². The molecular weight excluding hydrogens is 701 g/mol. The number of hydrogen-bond acceptors (Lipinski definition) is 9. The number of pyridine rings is 1. The zero-order valence-electron chi connectivity index (χ0n) is 31.2. The van der Waals surface area contributed by atoms with Crippen LogP contribution in [0, 0.1) is 5.92 Å². The third-order valence-electron chi connectivity index (χ3n) is 8.74. The second kappa shape index (κ2) is 20.7. The molecule has 10 nitrogen and oxygen atoms in total. The third kappa shape index (κ3) is 12.8. The van der Waals surface area contributed by atoms with Crippen LogP contribution in [-0.4, -0.2) is 62.8 Å². The quantitative estimate of drug-likeness (QED) is 0.0478. The Labute approximate surface area is 322 Å². The van der Waals surface area contributed by atoms with Crippen LogP contribution in [0.1, 0.15) is 79.5 Å². The van der Waals surface area contributed by atoms with Gasteiger partial charge in [-0.05, 0) is 96.1 Å². The summed E-state index contributed by atoms with van der Waals surface area (Å²) in [6, 6.07) is 20.4. The van der Waals surface area contributed by atoms with Crippen LogP contribution in [0.2, 0.25) is 0 Å². The number of H-pyrrole nitrogens is 1. The Balaban J connectivity index is 0.000000204. The number of thiophene rings is 1. The number of nitrogens with one attached hydrogen (secondary N) is 4. The topological polar surface area (TPSA) is 118 Å². The molecule has 0 bridgehead atoms. The van der Waals surface area contributed by atoms with E-state index >= 15 is 0 Å². The molecule has 1 saturated heterocycles. The molecule has 280 valence electrons. The van der Waals surface area contributed by atoms with Crippen molar-refractivity contribution < 1.29 is 9.59 Å². The van der Waals surface area contributed by atoms with Crippen molar-refractivity contribution in [2.24, 2.45) is 5.92 Å². The molecule has 1 aliphatic rings. The number of carbonyl (C=O) groups is 2. The lowest BCUT2D eigenvalue weighted by Crippen LogP contribution is -2.26. The largest absolute Gasteiger partial charge is 0.348 e. The summed E-state index contributed by atoms with van der Waals surface area (Å²) in [5.41, 5.74) is 7.30. The van der Waals surface area contributed by atoms with Crippen LogP contribution in [0.5, 0.6) is 0 Å². The molecule has 6 rings (SSSR count). The van der Waals surface area contributed by atoms with Gasteiger partial charge in [0, 0.05) is 80.7 Å². The monoisotopic (exact) mass is 752 g/mol. The zero-order valence-corrected chi connectivity index (χ0v) is 32.9. The number of benzene rings is 2. The molecule has 2 amide bonds. The van der Waals surface area contributed by atoms with Gasteiger partial charge < -0.3 is 21.0 Å². The van der Waals surface area contributed by atoms with Crippen molar-refractivity contribution >= 4 is 56.9 Å². The Hall–Kier alpha value is -4.49. The number of anilines is 1. The van der Waals surface area contributed by atoms with Gasteiger partial charge in [-0.15, -0.1) is 11.3 Å². The van der Waals surface area contributed by atoms with Crippen LogP contribution in [0.15, 0.2) is 95.9 Å². The smallest absolute Gasteiger partial charge is 0.261 e. The summed E-state index contributed by atoms with van der Waals surface area (Å²) >= 11 is 3.30. The molecule has 53 heavy (non-hydrogen) atoms. The van der Waals surface area contributed by atoms with Gasteiger partial charge in [0.25, 0.3) is 5.91 Å². The SMILES string of the molecule is CC(C)/C(=C\c1ncc[nH]1)C(=O)NCc1ccc(SN2CCCCC2)cc1.CCCCN(C)Nc1ccc(CNC(=O)c2cc3ccncc3s2)cc1. The number of unbranched alkanes of at least 4 members (excludes halogenated alkanes) is 1. The molecule has 0 aliphatic carbocycles. The molecular formula is C41H52N8O2S2. The minimum absolute atomic E-state index is 0.0480. The van der Waals surface area contributed by atoms with E-state index in [1.165, 1.54) is 61.4 Å². The maximum atomic E-state index is 12.6. The van der Waals surface area contributed by atoms with Gasteiger partial charge in [-0.1, -0.05) is 57.9 Å². The molecule has 4 N–H and O–H groups in total. The fourth-order valence-corrected chi connectivity index (χ4v) is 7.63. The zero-order chi connectivity index (χ0) is 37.4. The number of rotatable bonds is 15. The highest BCUT2D eigenvalue weighted by molar-refractivity contribution is 7.97. The van der Waals surface area contributed by atoms with E-state index in [1.807, 2.05) is 75.3 Å². The number of aromatic amines is 1. The summed E-state index contributed by atoms with van der Waals surface area (Å²) in [5.74, 6) is 0.729. The number of piperidine rings is 1. The predicted molar refractivity (Wildman–Crippen MR) is 219 cm³/mol. The van der Waals surface area contributed by atoms with Gasteiger partial charge in [-0.25, -0.2) is 14.3 Å². The summed E-state index contributed by atoms with van der Waals surface area (Å²) in [6.45, 7) is 10.6. The minimum atomic E-state index is -0.0484. The molecule has 1 fully saturated rings. The van der Waals surface area contributed by atoms with E-state index in [-0.39, 0.29) is 17.7 Å². The predicted octanol–water partition coefficient (Wildman–Crippen LogP) is 8.54. The van der Waals surface area contributed by atoms with Crippen LogP contribution in [-0.2, 0) is 17.9 Å². The normalized spacial score (nSPS) is 13.5. The van der Waals surface area contributed by atoms with Crippen LogP contribution in [0.4, 0.5) is 5.69 Å². The van der Waals surface area contributed by atoms with Crippen LogP contribution in [0.25, 0.3) is 16.2 Å². The molecule has 12 heteroatoms. The lowest BCUT2D eigenvalue weighted by molar-refractivity contribution is -0.118. The Kier molecular flexibility index (Phi) is 15.5. The van der Waals surface area contributed by atoms with Gasteiger partial charge in [-0.2, -0.15) is 0 Å². The number of hydrazine groups is 1. The molecule has 3 aromatic heterocycles. The first-order valence-electron chi connectivity index (χ1n) is 18.5. The second-order valence-corrected chi connectivity index (χ2v) is 15.7. The average Bonchev–Trinajstić information content (AvgIpc) is 3.86. The first-order valence-corrected chi connectivity index (χ1v) is 20.1. The fraction of sp³-hybridized carbons (Fsp3) is 0.366. The van der Waals surface area contributed by atoms with Crippen molar-refractivity contribution in [3.8, 4) is 0 Å². The lowest BCUT2D eigenvalue weighted by atomic mass is 10.0. The summed E-state index contributed by atoms with van der Waals surface area (Å²) in [4.78, 5) is 38.2. The van der Waals surface area contributed by atoms with Crippen molar-refractivity contribution in [2.75, 3.05) is 32.1 Å². The van der Waals surface area contributed by atoms with Gasteiger partial charge in [-0.3, -0.25) is 14.6 Å².